The second-order valence-electron chi connectivity index (χ2n) is 2.66. The van der Waals surface area contributed by atoms with E-state index in [-0.39, 0.29) is 0 Å². The molecular formula is C9H5ClINO. The molecule has 0 spiro atoms. The first kappa shape index (κ1) is 9.02. The van der Waals surface area contributed by atoms with Crippen LogP contribution in [0, 0.1) is 3.57 Å². The van der Waals surface area contributed by atoms with Gasteiger partial charge >= 0.3 is 0 Å². The van der Waals surface area contributed by atoms with Crippen molar-refractivity contribution in [3.8, 4) is 0 Å². The third-order valence-electron chi connectivity index (χ3n) is 1.84. The average molecular weight is 306 g/mol. The first-order valence-corrected chi connectivity index (χ1v) is 5.10. The molecule has 0 unspecified atom stereocenters. The van der Waals surface area contributed by atoms with Crippen LogP contribution in [-0.4, -0.2) is 11.3 Å². The van der Waals surface area contributed by atoms with Gasteiger partial charge in [0, 0.05) is 19.5 Å². The minimum Gasteiger partial charge on any atom is -0.351 e. The zero-order valence-corrected chi connectivity index (χ0v) is 9.39. The number of carbonyl (C=O) groups excluding carboxylic acids is 1. The summed E-state index contributed by atoms with van der Waals surface area (Å²) in [5.41, 5.74) is 1.55. The monoisotopic (exact) mass is 305 g/mol. The Hall–Kier alpha value is -0.550. The molecule has 0 aliphatic carbocycles. The van der Waals surface area contributed by atoms with E-state index in [1.54, 1.807) is 6.07 Å². The summed E-state index contributed by atoms with van der Waals surface area (Å²) in [7, 11) is 0. The highest BCUT2D eigenvalue weighted by Gasteiger charge is 2.07. The molecule has 13 heavy (non-hydrogen) atoms. The van der Waals surface area contributed by atoms with Crippen LogP contribution in [-0.2, 0) is 0 Å². The maximum Gasteiger partial charge on any atom is 0.167 e. The maximum absolute atomic E-state index is 10.6. The largest absolute Gasteiger partial charge is 0.351 e. The Morgan fingerprint density at radius 1 is 1.46 bits per heavy atom. The first-order chi connectivity index (χ1) is 6.22. The minimum absolute atomic E-state index is 0.609. The summed E-state index contributed by atoms with van der Waals surface area (Å²) < 4.78 is 0.921. The van der Waals surface area contributed by atoms with Gasteiger partial charge in [-0.05, 0) is 40.8 Å². The molecule has 0 fully saturated rings. The van der Waals surface area contributed by atoms with Gasteiger partial charge in [-0.25, -0.2) is 0 Å². The van der Waals surface area contributed by atoms with Crippen LogP contribution in [0.4, 0.5) is 0 Å². The number of carbonyl (C=O) groups is 1. The van der Waals surface area contributed by atoms with E-state index < -0.39 is 0 Å². The van der Waals surface area contributed by atoms with Crippen molar-refractivity contribution in [3.63, 3.8) is 0 Å². The Morgan fingerprint density at radius 3 is 2.92 bits per heavy atom. The summed E-state index contributed by atoms with van der Waals surface area (Å²) in [4.78, 5) is 13.6. The number of hydrogen-bond donors (Lipinski definition) is 1. The van der Waals surface area contributed by atoms with Crippen LogP contribution in [0.3, 0.4) is 0 Å². The number of rotatable bonds is 1. The van der Waals surface area contributed by atoms with Crippen molar-refractivity contribution in [1.82, 2.24) is 4.98 Å². The van der Waals surface area contributed by atoms with Gasteiger partial charge in [0.15, 0.2) is 6.29 Å². The van der Waals surface area contributed by atoms with Gasteiger partial charge in [-0.1, -0.05) is 11.6 Å². The van der Waals surface area contributed by atoms with Gasteiger partial charge in [0.2, 0.25) is 0 Å². The fourth-order valence-electron chi connectivity index (χ4n) is 1.23. The summed E-state index contributed by atoms with van der Waals surface area (Å²) in [6.07, 6.45) is 0.815. The Bertz CT molecular complexity index is 478. The summed E-state index contributed by atoms with van der Waals surface area (Å²) in [6.45, 7) is 0. The highest BCUT2D eigenvalue weighted by molar-refractivity contribution is 14.1. The van der Waals surface area contributed by atoms with Crippen molar-refractivity contribution >= 4 is 51.4 Å². The summed E-state index contributed by atoms with van der Waals surface area (Å²) in [5, 5.41) is 1.68. The van der Waals surface area contributed by atoms with E-state index in [0.29, 0.717) is 10.7 Å². The van der Waals surface area contributed by atoms with Gasteiger partial charge in [-0.2, -0.15) is 0 Å². The molecule has 1 aromatic carbocycles. The predicted molar refractivity (Wildman–Crippen MR) is 61.4 cm³/mol. The zero-order chi connectivity index (χ0) is 9.42. The lowest BCUT2D eigenvalue weighted by Gasteiger charge is -1.90. The fourth-order valence-corrected chi connectivity index (χ4v) is 2.11. The second kappa shape index (κ2) is 3.31. The summed E-state index contributed by atoms with van der Waals surface area (Å²) in [5.74, 6) is 0. The Labute approximate surface area is 93.4 Å². The maximum atomic E-state index is 10.6. The van der Waals surface area contributed by atoms with Gasteiger partial charge in [-0.15, -0.1) is 0 Å². The van der Waals surface area contributed by atoms with E-state index in [0.717, 1.165) is 20.8 Å². The summed E-state index contributed by atoms with van der Waals surface area (Å²) >= 11 is 7.97. The van der Waals surface area contributed by atoms with Crippen molar-refractivity contribution in [2.24, 2.45) is 0 Å². The fraction of sp³-hybridized carbons (Fsp3) is 0. The Balaban J connectivity index is 2.84. The van der Waals surface area contributed by atoms with Crippen LogP contribution in [0.25, 0.3) is 10.9 Å². The number of aldehydes is 1. The number of hydrogen-bond acceptors (Lipinski definition) is 1. The molecule has 2 aromatic rings. The van der Waals surface area contributed by atoms with Crippen LogP contribution < -0.4 is 0 Å². The molecule has 0 aliphatic rings. The normalized spacial score (nSPS) is 10.6. The van der Waals surface area contributed by atoms with Crippen molar-refractivity contribution in [2.75, 3.05) is 0 Å². The number of aromatic nitrogens is 1. The molecule has 0 saturated heterocycles. The van der Waals surface area contributed by atoms with Gasteiger partial charge in [0.05, 0.1) is 5.69 Å². The molecule has 1 heterocycles. The lowest BCUT2D eigenvalue weighted by Crippen LogP contribution is -1.79. The summed E-state index contributed by atoms with van der Waals surface area (Å²) in [6, 6.07) is 5.51. The quantitative estimate of drug-likeness (QED) is 0.637. The first-order valence-electron chi connectivity index (χ1n) is 3.64. The Morgan fingerprint density at radius 2 is 2.23 bits per heavy atom. The SMILES string of the molecule is O=Cc1[nH]c2ccc(Cl)cc2c1I. The number of fused-ring (bicyclic) bond motifs is 1. The predicted octanol–water partition coefficient (Wildman–Crippen LogP) is 3.24. The van der Waals surface area contributed by atoms with E-state index in [2.05, 4.69) is 27.6 Å². The van der Waals surface area contributed by atoms with E-state index in [1.165, 1.54) is 0 Å². The molecule has 4 heteroatoms. The number of benzene rings is 1. The van der Waals surface area contributed by atoms with E-state index in [1.807, 2.05) is 12.1 Å². The average Bonchev–Trinajstić information content (AvgIpc) is 2.44. The molecule has 2 rings (SSSR count). The molecule has 0 radical (unpaired) electrons. The molecule has 0 saturated carbocycles. The van der Waals surface area contributed by atoms with Crippen LogP contribution >= 0.6 is 34.2 Å². The number of nitrogens with one attached hydrogen (secondary N) is 1. The van der Waals surface area contributed by atoms with Crippen LogP contribution in [0.2, 0.25) is 5.02 Å². The van der Waals surface area contributed by atoms with Crippen molar-refractivity contribution < 1.29 is 4.79 Å². The van der Waals surface area contributed by atoms with Gasteiger partial charge in [0.1, 0.15) is 0 Å². The highest BCUT2D eigenvalue weighted by Crippen LogP contribution is 2.25. The van der Waals surface area contributed by atoms with E-state index in [9.17, 15) is 4.79 Å². The molecule has 0 amide bonds. The van der Waals surface area contributed by atoms with Crippen molar-refractivity contribution in [1.29, 1.82) is 0 Å². The second-order valence-corrected chi connectivity index (χ2v) is 4.18. The van der Waals surface area contributed by atoms with Crippen molar-refractivity contribution in [3.05, 3.63) is 32.5 Å². The standard InChI is InChI=1S/C9H5ClINO/c10-5-1-2-7-6(3-5)9(11)8(4-13)12-7/h1-4,12H. The van der Waals surface area contributed by atoms with E-state index >= 15 is 0 Å². The lowest BCUT2D eigenvalue weighted by molar-refractivity contribution is 0.111. The van der Waals surface area contributed by atoms with E-state index in [4.69, 9.17) is 11.6 Å². The molecular weight excluding hydrogens is 300 g/mol. The van der Waals surface area contributed by atoms with Crippen LogP contribution in [0.1, 0.15) is 10.5 Å². The lowest BCUT2D eigenvalue weighted by atomic mass is 10.2. The molecule has 2 nitrogen and oxygen atoms in total. The third kappa shape index (κ3) is 1.46. The molecule has 0 bridgehead atoms. The topological polar surface area (TPSA) is 32.9 Å². The molecule has 1 aromatic heterocycles. The van der Waals surface area contributed by atoms with Crippen LogP contribution in [0.15, 0.2) is 18.2 Å². The van der Waals surface area contributed by atoms with Crippen molar-refractivity contribution in [2.45, 2.75) is 0 Å². The Kier molecular flexibility index (Phi) is 2.29. The third-order valence-corrected chi connectivity index (χ3v) is 3.24. The van der Waals surface area contributed by atoms with Gasteiger partial charge < -0.3 is 4.98 Å². The molecule has 1 N–H and O–H groups in total. The van der Waals surface area contributed by atoms with Gasteiger partial charge in [0.25, 0.3) is 0 Å². The molecule has 0 aliphatic heterocycles. The smallest absolute Gasteiger partial charge is 0.167 e. The molecule has 0 atom stereocenters. The minimum atomic E-state index is 0.609. The van der Waals surface area contributed by atoms with Crippen LogP contribution in [0.5, 0.6) is 0 Å². The number of aromatic amines is 1. The molecule has 66 valence electrons. The number of H-pyrrole nitrogens is 1. The number of halogens is 2. The van der Waals surface area contributed by atoms with Gasteiger partial charge in [-0.3, -0.25) is 4.79 Å². The highest BCUT2D eigenvalue weighted by atomic mass is 127. The zero-order valence-electron chi connectivity index (χ0n) is 6.47.